The van der Waals surface area contributed by atoms with E-state index >= 15 is 0 Å². The van der Waals surface area contributed by atoms with Gasteiger partial charge in [0.25, 0.3) is 0 Å². The molecule has 0 unspecified atom stereocenters. The third-order valence-electron chi connectivity index (χ3n) is 3.92. The molecular formula is C19H21ClN4O. The van der Waals surface area contributed by atoms with Gasteiger partial charge in [-0.2, -0.15) is 0 Å². The highest BCUT2D eigenvalue weighted by molar-refractivity contribution is 6.30. The van der Waals surface area contributed by atoms with Gasteiger partial charge in [0, 0.05) is 40.8 Å². The van der Waals surface area contributed by atoms with Gasteiger partial charge in [0.15, 0.2) is 5.82 Å². The Bertz CT molecular complexity index is 862. The second kappa shape index (κ2) is 7.68. The Morgan fingerprint density at radius 2 is 2.08 bits per heavy atom. The van der Waals surface area contributed by atoms with Crippen molar-refractivity contribution in [2.75, 3.05) is 5.32 Å². The molecule has 2 N–H and O–H groups in total. The van der Waals surface area contributed by atoms with Crippen molar-refractivity contribution in [3.05, 3.63) is 65.1 Å². The maximum Gasteiger partial charge on any atom is 0.153 e. The number of pyridine rings is 1. The normalized spacial score (nSPS) is 12.2. The topological polar surface area (TPSA) is 63.0 Å². The van der Waals surface area contributed by atoms with Crippen LogP contribution in [0.5, 0.6) is 0 Å². The van der Waals surface area contributed by atoms with Crippen LogP contribution in [0.3, 0.4) is 0 Å². The van der Waals surface area contributed by atoms with E-state index < -0.39 is 6.10 Å². The number of aliphatic hydroxyl groups is 1. The first kappa shape index (κ1) is 17.5. The highest BCUT2D eigenvalue weighted by Gasteiger charge is 2.14. The molecule has 0 radical (unpaired) electrons. The number of nitrogens with one attached hydrogen (secondary N) is 1. The van der Waals surface area contributed by atoms with Crippen LogP contribution in [0.15, 0.2) is 48.7 Å². The summed E-state index contributed by atoms with van der Waals surface area (Å²) in [7, 11) is 0. The smallest absolute Gasteiger partial charge is 0.153 e. The van der Waals surface area contributed by atoms with Crippen molar-refractivity contribution in [3.63, 3.8) is 0 Å². The third kappa shape index (κ3) is 4.38. The van der Waals surface area contributed by atoms with E-state index in [1.165, 1.54) is 0 Å². The summed E-state index contributed by atoms with van der Waals surface area (Å²) in [4.78, 5) is 4.24. The molecule has 0 bridgehead atoms. The highest BCUT2D eigenvalue weighted by atomic mass is 35.5. The number of benzene rings is 1. The van der Waals surface area contributed by atoms with E-state index in [4.69, 9.17) is 11.6 Å². The van der Waals surface area contributed by atoms with Gasteiger partial charge in [-0.3, -0.25) is 4.98 Å². The van der Waals surface area contributed by atoms with E-state index in [9.17, 15) is 5.11 Å². The van der Waals surface area contributed by atoms with E-state index in [0.29, 0.717) is 23.7 Å². The van der Waals surface area contributed by atoms with Crippen molar-refractivity contribution in [1.82, 2.24) is 14.8 Å². The first-order valence-corrected chi connectivity index (χ1v) is 8.65. The maximum atomic E-state index is 10.1. The molecule has 1 atom stereocenters. The minimum atomic E-state index is -0.405. The fourth-order valence-corrected chi connectivity index (χ4v) is 2.80. The van der Waals surface area contributed by atoms with Crippen LogP contribution in [0.25, 0.3) is 5.69 Å². The zero-order valence-electron chi connectivity index (χ0n) is 14.3. The number of anilines is 2. The molecule has 0 fully saturated rings. The Kier molecular flexibility index (Phi) is 5.36. The molecule has 2 aromatic heterocycles. The zero-order valence-corrected chi connectivity index (χ0v) is 15.0. The quantitative estimate of drug-likeness (QED) is 0.691. The number of aromatic nitrogens is 3. The van der Waals surface area contributed by atoms with E-state index in [2.05, 4.69) is 15.4 Å². The molecule has 0 amide bonds. The molecule has 0 aliphatic heterocycles. The fraction of sp³-hybridized carbons (Fsp3) is 0.263. The minimum absolute atomic E-state index is 0.405. The van der Waals surface area contributed by atoms with E-state index in [0.717, 1.165) is 22.8 Å². The lowest BCUT2D eigenvalue weighted by Gasteiger charge is -2.10. The van der Waals surface area contributed by atoms with Crippen LogP contribution in [-0.4, -0.2) is 26.0 Å². The molecule has 0 aliphatic rings. The summed E-state index contributed by atoms with van der Waals surface area (Å²) >= 11 is 6.04. The summed E-state index contributed by atoms with van der Waals surface area (Å²) in [6, 6.07) is 13.3. The number of aliphatic hydroxyl groups excluding tert-OH is 1. The molecule has 6 heteroatoms. The van der Waals surface area contributed by atoms with Gasteiger partial charge in [0.1, 0.15) is 0 Å². The Morgan fingerprint density at radius 3 is 2.80 bits per heavy atom. The van der Waals surface area contributed by atoms with E-state index in [-0.39, 0.29) is 0 Å². The van der Waals surface area contributed by atoms with Crippen molar-refractivity contribution in [1.29, 1.82) is 0 Å². The zero-order chi connectivity index (χ0) is 17.8. The van der Waals surface area contributed by atoms with Crippen molar-refractivity contribution < 1.29 is 5.11 Å². The third-order valence-corrected chi connectivity index (χ3v) is 4.16. The number of hydrogen-bond donors (Lipinski definition) is 2. The second-order valence-electron chi connectivity index (χ2n) is 5.99. The van der Waals surface area contributed by atoms with Gasteiger partial charge < -0.3 is 10.4 Å². The molecule has 0 aliphatic carbocycles. The summed E-state index contributed by atoms with van der Waals surface area (Å²) < 4.78 is 1.85. The van der Waals surface area contributed by atoms with Gasteiger partial charge in [0.2, 0.25) is 0 Å². The van der Waals surface area contributed by atoms with E-state index in [1.807, 2.05) is 61.0 Å². The van der Waals surface area contributed by atoms with Gasteiger partial charge >= 0.3 is 0 Å². The van der Waals surface area contributed by atoms with Gasteiger partial charge in [0.05, 0.1) is 11.8 Å². The van der Waals surface area contributed by atoms with Crippen LogP contribution in [0.2, 0.25) is 5.02 Å². The van der Waals surface area contributed by atoms with Gasteiger partial charge in [-0.1, -0.05) is 24.6 Å². The second-order valence-corrected chi connectivity index (χ2v) is 6.43. The molecule has 3 aromatic rings. The summed E-state index contributed by atoms with van der Waals surface area (Å²) in [6.07, 6.45) is 2.58. The lowest BCUT2D eigenvalue weighted by Crippen LogP contribution is -2.12. The Balaban J connectivity index is 1.96. The summed E-state index contributed by atoms with van der Waals surface area (Å²) in [5.74, 6) is 0.704. The first-order valence-electron chi connectivity index (χ1n) is 8.28. The molecular weight excluding hydrogens is 336 g/mol. The van der Waals surface area contributed by atoms with Crippen molar-refractivity contribution in [2.24, 2.45) is 0 Å². The number of aryl methyl sites for hydroxylation is 1. The van der Waals surface area contributed by atoms with Crippen LogP contribution in [0.1, 0.15) is 24.7 Å². The number of halogens is 1. The molecule has 0 spiro atoms. The molecule has 3 rings (SSSR count). The SMILES string of the molecule is CC[C@H](O)Cc1cc(Nc2cccc(Cl)c2)nn1-c1ccnc(C)c1. The van der Waals surface area contributed by atoms with Crippen molar-refractivity contribution in [2.45, 2.75) is 32.8 Å². The first-order chi connectivity index (χ1) is 12.0. The predicted octanol–water partition coefficient (Wildman–Crippen LogP) is 4.29. The number of hydrogen-bond acceptors (Lipinski definition) is 4. The molecule has 2 heterocycles. The molecule has 0 saturated carbocycles. The van der Waals surface area contributed by atoms with Crippen LogP contribution >= 0.6 is 11.6 Å². The summed E-state index contributed by atoms with van der Waals surface area (Å²) in [5, 5.41) is 18.7. The standard InChI is InChI=1S/C19H21ClN4O/c1-3-18(25)11-17-12-19(22-15-6-4-5-14(20)10-15)23-24(17)16-7-8-21-13(2)9-16/h4-10,12,18,25H,3,11H2,1-2H3,(H,22,23)/t18-/m0/s1. The molecule has 130 valence electrons. The van der Waals surface area contributed by atoms with Gasteiger partial charge in [-0.25, -0.2) is 4.68 Å². The molecule has 25 heavy (non-hydrogen) atoms. The monoisotopic (exact) mass is 356 g/mol. The molecule has 1 aromatic carbocycles. The molecule has 0 saturated heterocycles. The highest BCUT2D eigenvalue weighted by Crippen LogP contribution is 2.23. The average molecular weight is 357 g/mol. The summed E-state index contributed by atoms with van der Waals surface area (Å²) in [6.45, 7) is 3.91. The van der Waals surface area contributed by atoms with Gasteiger partial charge in [-0.05, 0) is 43.7 Å². The lowest BCUT2D eigenvalue weighted by molar-refractivity contribution is 0.169. The average Bonchev–Trinajstić information content (AvgIpc) is 2.97. The van der Waals surface area contributed by atoms with Crippen LogP contribution in [0.4, 0.5) is 11.5 Å². The minimum Gasteiger partial charge on any atom is -0.393 e. The fourth-order valence-electron chi connectivity index (χ4n) is 2.61. The van der Waals surface area contributed by atoms with Crippen molar-refractivity contribution >= 4 is 23.1 Å². The molecule has 5 nitrogen and oxygen atoms in total. The summed E-state index contributed by atoms with van der Waals surface area (Å²) in [5.41, 5.74) is 3.64. The Labute approximate surface area is 152 Å². The van der Waals surface area contributed by atoms with Crippen molar-refractivity contribution in [3.8, 4) is 5.69 Å². The van der Waals surface area contributed by atoms with Crippen LogP contribution in [0, 0.1) is 6.92 Å². The Morgan fingerprint density at radius 1 is 1.24 bits per heavy atom. The maximum absolute atomic E-state index is 10.1. The Hall–Kier alpha value is -2.37. The van der Waals surface area contributed by atoms with E-state index in [1.54, 1.807) is 6.20 Å². The largest absolute Gasteiger partial charge is 0.393 e. The van der Waals surface area contributed by atoms with Crippen LogP contribution < -0.4 is 5.32 Å². The number of rotatable bonds is 6. The van der Waals surface area contributed by atoms with Gasteiger partial charge in [-0.15, -0.1) is 5.10 Å². The number of nitrogens with zero attached hydrogens (tertiary/aromatic N) is 3. The lowest BCUT2D eigenvalue weighted by atomic mass is 10.1. The predicted molar refractivity (Wildman–Crippen MR) is 101 cm³/mol. The van der Waals surface area contributed by atoms with Crippen LogP contribution in [-0.2, 0) is 6.42 Å².